The van der Waals surface area contributed by atoms with Gasteiger partial charge >= 0.3 is 0 Å². The van der Waals surface area contributed by atoms with Gasteiger partial charge in [-0.2, -0.15) is 0 Å². The van der Waals surface area contributed by atoms with Gasteiger partial charge in [-0.3, -0.25) is 0 Å². The molecule has 0 amide bonds. The fourth-order valence-electron chi connectivity index (χ4n) is 2.14. The second kappa shape index (κ2) is 5.06. The number of nitrogens with one attached hydrogen (secondary N) is 1. The molecule has 16 heavy (non-hydrogen) atoms. The first kappa shape index (κ1) is 11.7. The number of hydrogen-bond donors (Lipinski definition) is 2. The molecule has 0 aromatic heterocycles. The topological polar surface area (TPSA) is 41.5 Å². The van der Waals surface area contributed by atoms with Crippen molar-refractivity contribution in [2.45, 2.75) is 18.8 Å². The summed E-state index contributed by atoms with van der Waals surface area (Å²) >= 11 is 3.36. The normalized spacial score (nSPS) is 17.4. The van der Waals surface area contributed by atoms with E-state index in [0.717, 1.165) is 25.9 Å². The Morgan fingerprint density at radius 1 is 1.38 bits per heavy atom. The number of phenolic OH excluding ortho intramolecular Hbond substituents is 1. The minimum absolute atomic E-state index is 0.181. The van der Waals surface area contributed by atoms with Crippen LogP contribution in [0.4, 0.5) is 0 Å². The number of methoxy groups -OCH3 is 1. The molecular weight excluding hydrogens is 270 g/mol. The summed E-state index contributed by atoms with van der Waals surface area (Å²) in [5.74, 6) is 1.29. The van der Waals surface area contributed by atoms with Crippen molar-refractivity contribution in [1.29, 1.82) is 0 Å². The zero-order valence-electron chi connectivity index (χ0n) is 9.29. The predicted octanol–water partition coefficient (Wildman–Crippen LogP) is 2.63. The largest absolute Gasteiger partial charge is 0.503 e. The number of hydrogen-bond acceptors (Lipinski definition) is 3. The van der Waals surface area contributed by atoms with E-state index in [4.69, 9.17) is 4.74 Å². The lowest BCUT2D eigenvalue weighted by Gasteiger charge is -2.23. The molecule has 0 aliphatic carbocycles. The Morgan fingerprint density at radius 3 is 2.69 bits per heavy atom. The monoisotopic (exact) mass is 285 g/mol. The van der Waals surface area contributed by atoms with Gasteiger partial charge in [0.15, 0.2) is 11.5 Å². The van der Waals surface area contributed by atoms with E-state index in [-0.39, 0.29) is 5.75 Å². The highest BCUT2D eigenvalue weighted by atomic mass is 79.9. The highest BCUT2D eigenvalue weighted by Gasteiger charge is 2.18. The molecule has 4 heteroatoms. The molecule has 1 aromatic rings. The molecule has 0 unspecified atom stereocenters. The molecule has 0 atom stereocenters. The second-order valence-electron chi connectivity index (χ2n) is 4.08. The number of phenols is 1. The molecule has 0 saturated carbocycles. The minimum Gasteiger partial charge on any atom is -0.503 e. The fraction of sp³-hybridized carbons (Fsp3) is 0.500. The molecule has 1 aromatic carbocycles. The van der Waals surface area contributed by atoms with Gasteiger partial charge in [0.1, 0.15) is 0 Å². The van der Waals surface area contributed by atoms with Crippen LogP contribution in [0, 0.1) is 0 Å². The van der Waals surface area contributed by atoms with Crippen LogP contribution < -0.4 is 10.1 Å². The van der Waals surface area contributed by atoms with Gasteiger partial charge < -0.3 is 15.2 Å². The molecule has 0 radical (unpaired) electrons. The summed E-state index contributed by atoms with van der Waals surface area (Å²) in [5, 5.41) is 13.1. The van der Waals surface area contributed by atoms with Crippen LogP contribution in [-0.4, -0.2) is 25.3 Å². The van der Waals surface area contributed by atoms with Crippen LogP contribution in [0.3, 0.4) is 0 Å². The van der Waals surface area contributed by atoms with Gasteiger partial charge in [-0.15, -0.1) is 0 Å². The van der Waals surface area contributed by atoms with Crippen LogP contribution in [0.1, 0.15) is 24.3 Å². The molecule has 0 spiro atoms. The van der Waals surface area contributed by atoms with Crippen molar-refractivity contribution in [3.8, 4) is 11.5 Å². The number of rotatable bonds is 2. The Morgan fingerprint density at radius 2 is 2.06 bits per heavy atom. The molecule has 1 fully saturated rings. The van der Waals surface area contributed by atoms with Crippen LogP contribution in [-0.2, 0) is 0 Å². The summed E-state index contributed by atoms with van der Waals surface area (Å²) in [4.78, 5) is 0. The number of benzene rings is 1. The fourth-order valence-corrected chi connectivity index (χ4v) is 2.60. The molecule has 1 saturated heterocycles. The smallest absolute Gasteiger partial charge is 0.172 e. The Balaban J connectivity index is 2.29. The van der Waals surface area contributed by atoms with Crippen molar-refractivity contribution >= 4 is 15.9 Å². The van der Waals surface area contributed by atoms with Gasteiger partial charge in [0.05, 0.1) is 11.6 Å². The molecule has 88 valence electrons. The second-order valence-corrected chi connectivity index (χ2v) is 4.93. The van der Waals surface area contributed by atoms with Crippen molar-refractivity contribution in [2.75, 3.05) is 20.2 Å². The third kappa shape index (κ3) is 2.33. The summed E-state index contributed by atoms with van der Waals surface area (Å²) in [6.45, 7) is 2.12. The Hall–Kier alpha value is -0.740. The van der Waals surface area contributed by atoms with E-state index in [1.165, 1.54) is 5.56 Å². The lowest BCUT2D eigenvalue weighted by atomic mass is 9.90. The van der Waals surface area contributed by atoms with E-state index in [2.05, 4.69) is 21.2 Å². The number of ether oxygens (including phenoxy) is 1. The summed E-state index contributed by atoms with van der Waals surface area (Å²) in [6.07, 6.45) is 2.28. The third-order valence-corrected chi connectivity index (χ3v) is 3.69. The van der Waals surface area contributed by atoms with Gasteiger partial charge in [-0.1, -0.05) is 0 Å². The Kier molecular flexibility index (Phi) is 3.71. The van der Waals surface area contributed by atoms with Crippen molar-refractivity contribution in [3.05, 3.63) is 22.2 Å². The van der Waals surface area contributed by atoms with E-state index in [1.807, 2.05) is 12.1 Å². The third-order valence-electron chi connectivity index (χ3n) is 3.08. The average Bonchev–Trinajstić information content (AvgIpc) is 2.33. The zero-order chi connectivity index (χ0) is 11.5. The lowest BCUT2D eigenvalue weighted by Crippen LogP contribution is -2.26. The highest BCUT2D eigenvalue weighted by molar-refractivity contribution is 9.10. The molecule has 3 nitrogen and oxygen atoms in total. The summed E-state index contributed by atoms with van der Waals surface area (Å²) in [6, 6.07) is 3.93. The van der Waals surface area contributed by atoms with E-state index in [1.54, 1.807) is 7.11 Å². The summed E-state index contributed by atoms with van der Waals surface area (Å²) in [5.41, 5.74) is 1.24. The molecule has 1 heterocycles. The number of halogens is 1. The molecular formula is C12H16BrNO2. The molecule has 1 aliphatic rings. The van der Waals surface area contributed by atoms with Crippen LogP contribution in [0.15, 0.2) is 16.6 Å². The minimum atomic E-state index is 0.181. The first-order valence-corrected chi connectivity index (χ1v) is 6.28. The van der Waals surface area contributed by atoms with Gasteiger partial charge in [0.25, 0.3) is 0 Å². The number of aromatic hydroxyl groups is 1. The van der Waals surface area contributed by atoms with Crippen LogP contribution in [0.2, 0.25) is 0 Å². The first-order valence-electron chi connectivity index (χ1n) is 5.49. The number of piperidine rings is 1. The zero-order valence-corrected chi connectivity index (χ0v) is 10.9. The van der Waals surface area contributed by atoms with Gasteiger partial charge in [-0.05, 0) is 65.5 Å². The standard InChI is InChI=1S/C12H16BrNO2/c1-16-11-7-9(6-10(13)12(11)15)8-2-4-14-5-3-8/h6-8,14-15H,2-5H2,1H3. The molecule has 0 bridgehead atoms. The van der Waals surface area contributed by atoms with Crippen LogP contribution >= 0.6 is 15.9 Å². The van der Waals surface area contributed by atoms with E-state index < -0.39 is 0 Å². The Labute approximate surface area is 104 Å². The Bertz CT molecular complexity index is 376. The predicted molar refractivity (Wildman–Crippen MR) is 67.2 cm³/mol. The van der Waals surface area contributed by atoms with Crippen LogP contribution in [0.5, 0.6) is 11.5 Å². The molecule has 1 aliphatic heterocycles. The summed E-state index contributed by atoms with van der Waals surface area (Å²) in [7, 11) is 1.58. The highest BCUT2D eigenvalue weighted by Crippen LogP contribution is 2.38. The summed E-state index contributed by atoms with van der Waals surface area (Å²) < 4.78 is 5.87. The maximum Gasteiger partial charge on any atom is 0.172 e. The van der Waals surface area contributed by atoms with E-state index in [9.17, 15) is 5.11 Å². The van der Waals surface area contributed by atoms with Crippen molar-refractivity contribution in [1.82, 2.24) is 5.32 Å². The maximum atomic E-state index is 9.74. The first-order chi connectivity index (χ1) is 7.72. The van der Waals surface area contributed by atoms with Crippen LogP contribution in [0.25, 0.3) is 0 Å². The molecule has 2 N–H and O–H groups in total. The average molecular weight is 286 g/mol. The molecule has 2 rings (SSSR count). The van der Waals surface area contributed by atoms with Gasteiger partial charge in [-0.25, -0.2) is 0 Å². The van der Waals surface area contributed by atoms with Gasteiger partial charge in [0.2, 0.25) is 0 Å². The SMILES string of the molecule is COc1cc(C2CCNCC2)cc(Br)c1O. The van der Waals surface area contributed by atoms with Crippen molar-refractivity contribution in [3.63, 3.8) is 0 Å². The van der Waals surface area contributed by atoms with Crippen molar-refractivity contribution in [2.24, 2.45) is 0 Å². The van der Waals surface area contributed by atoms with Crippen molar-refractivity contribution < 1.29 is 9.84 Å². The maximum absolute atomic E-state index is 9.74. The quantitative estimate of drug-likeness (QED) is 0.878. The van der Waals surface area contributed by atoms with E-state index >= 15 is 0 Å². The lowest BCUT2D eigenvalue weighted by molar-refractivity contribution is 0.369. The van der Waals surface area contributed by atoms with Gasteiger partial charge in [0, 0.05) is 0 Å². The van der Waals surface area contributed by atoms with E-state index in [0.29, 0.717) is 16.1 Å².